The number of phenolic OH excluding ortho intramolecular Hbond substituents is 1. The molecule has 0 saturated heterocycles. The standard InChI is InChI=1S/C33H42N4O6/c1-7-21(3)37(31(41)26(17-18-27(34)38)36-32(42)43-33(4,5)6)28(25-14-10-11-20(2)29(25)39)30(40)35-24-16-15-22-12-8-9-13-23(22)19-24/h8-16,19,21,26,28,39H,7,17-18H2,1-6H3,(H2,34,38)(H,35,40)(H,36,42). The Hall–Kier alpha value is -4.60. The van der Waals surface area contributed by atoms with Gasteiger partial charge in [0.05, 0.1) is 0 Å². The summed E-state index contributed by atoms with van der Waals surface area (Å²) in [5.74, 6) is -1.96. The zero-order chi connectivity index (χ0) is 31.9. The molecule has 10 nitrogen and oxygen atoms in total. The summed E-state index contributed by atoms with van der Waals surface area (Å²) in [4.78, 5) is 54.3. The summed E-state index contributed by atoms with van der Waals surface area (Å²) >= 11 is 0. The highest BCUT2D eigenvalue weighted by atomic mass is 16.6. The first-order chi connectivity index (χ1) is 20.2. The molecule has 3 rings (SSSR count). The Labute approximate surface area is 252 Å². The number of aromatic hydroxyl groups is 1. The van der Waals surface area contributed by atoms with Crippen molar-refractivity contribution in [3.63, 3.8) is 0 Å². The van der Waals surface area contributed by atoms with Gasteiger partial charge in [-0.2, -0.15) is 0 Å². The van der Waals surface area contributed by atoms with Crippen LogP contribution in [0, 0.1) is 6.92 Å². The molecule has 0 spiro atoms. The minimum Gasteiger partial charge on any atom is -0.507 e. The number of fused-ring (bicyclic) bond motifs is 1. The lowest BCUT2D eigenvalue weighted by Crippen LogP contribution is -2.55. The van der Waals surface area contributed by atoms with Gasteiger partial charge in [-0.15, -0.1) is 0 Å². The average Bonchev–Trinajstić information content (AvgIpc) is 2.93. The summed E-state index contributed by atoms with van der Waals surface area (Å²) in [6, 6.07) is 15.1. The van der Waals surface area contributed by atoms with Crippen molar-refractivity contribution in [1.82, 2.24) is 10.2 Å². The second kappa shape index (κ2) is 14.0. The van der Waals surface area contributed by atoms with Crippen molar-refractivity contribution in [2.24, 2.45) is 5.73 Å². The number of benzene rings is 3. The second-order valence-electron chi connectivity index (χ2n) is 11.7. The molecule has 3 unspecified atom stereocenters. The number of carbonyl (C=O) groups excluding carboxylic acids is 4. The third-order valence-electron chi connectivity index (χ3n) is 7.10. The van der Waals surface area contributed by atoms with Crippen molar-refractivity contribution < 1.29 is 29.0 Å². The Morgan fingerprint density at radius 1 is 1.00 bits per heavy atom. The number of hydrogen-bond donors (Lipinski definition) is 4. The Morgan fingerprint density at radius 3 is 2.30 bits per heavy atom. The largest absolute Gasteiger partial charge is 0.507 e. The third kappa shape index (κ3) is 8.70. The molecule has 0 fully saturated rings. The molecule has 0 aliphatic rings. The summed E-state index contributed by atoms with van der Waals surface area (Å²) in [6.45, 7) is 10.4. The summed E-state index contributed by atoms with van der Waals surface area (Å²) in [7, 11) is 0. The molecule has 0 aliphatic carbocycles. The molecule has 0 bridgehead atoms. The zero-order valence-corrected chi connectivity index (χ0v) is 25.6. The lowest BCUT2D eigenvalue weighted by Gasteiger charge is -2.38. The van der Waals surface area contributed by atoms with Gasteiger partial charge in [0.15, 0.2) is 0 Å². The van der Waals surface area contributed by atoms with E-state index in [1.165, 1.54) is 4.90 Å². The highest BCUT2D eigenvalue weighted by Gasteiger charge is 2.40. The molecule has 10 heteroatoms. The van der Waals surface area contributed by atoms with Crippen LogP contribution in [0.2, 0.25) is 0 Å². The van der Waals surface area contributed by atoms with Gasteiger partial charge in [-0.3, -0.25) is 14.4 Å². The number of anilines is 1. The van der Waals surface area contributed by atoms with Crippen molar-refractivity contribution >= 4 is 40.3 Å². The number of phenols is 1. The fourth-order valence-corrected chi connectivity index (χ4v) is 4.77. The maximum atomic E-state index is 14.3. The number of nitrogens with one attached hydrogen (secondary N) is 2. The number of carbonyl (C=O) groups is 4. The first kappa shape index (κ1) is 32.9. The van der Waals surface area contributed by atoms with Crippen LogP contribution in [-0.4, -0.2) is 51.5 Å². The van der Waals surface area contributed by atoms with E-state index in [-0.39, 0.29) is 24.2 Å². The molecule has 0 aliphatic heterocycles. The third-order valence-corrected chi connectivity index (χ3v) is 7.10. The van der Waals surface area contributed by atoms with E-state index in [1.54, 1.807) is 58.9 Å². The fraction of sp³-hybridized carbons (Fsp3) is 0.394. The SMILES string of the molecule is CCC(C)N(C(=O)C(CCC(N)=O)NC(=O)OC(C)(C)C)C(C(=O)Nc1ccc2ccccc2c1)c1cccc(C)c1O. The lowest BCUT2D eigenvalue weighted by molar-refractivity contribution is -0.143. The van der Waals surface area contributed by atoms with Gasteiger partial charge in [-0.1, -0.05) is 55.5 Å². The highest BCUT2D eigenvalue weighted by Crippen LogP contribution is 2.35. The molecule has 3 atom stereocenters. The quantitative estimate of drug-likeness (QED) is 0.237. The van der Waals surface area contributed by atoms with Crippen molar-refractivity contribution in [2.45, 2.75) is 84.5 Å². The summed E-state index contributed by atoms with van der Waals surface area (Å²) in [5.41, 5.74) is 5.80. The zero-order valence-electron chi connectivity index (χ0n) is 25.6. The van der Waals surface area contributed by atoms with Crippen molar-refractivity contribution in [1.29, 1.82) is 0 Å². The van der Waals surface area contributed by atoms with Gasteiger partial charge in [0.25, 0.3) is 5.91 Å². The second-order valence-corrected chi connectivity index (χ2v) is 11.7. The number of aryl methyl sites for hydroxylation is 1. The van der Waals surface area contributed by atoms with Crippen LogP contribution in [0.5, 0.6) is 5.75 Å². The number of nitrogens with two attached hydrogens (primary N) is 1. The van der Waals surface area contributed by atoms with E-state index < -0.39 is 47.5 Å². The monoisotopic (exact) mass is 590 g/mol. The number of hydrogen-bond acceptors (Lipinski definition) is 6. The minimum atomic E-state index is -1.29. The molecular formula is C33H42N4O6. The molecule has 0 heterocycles. The average molecular weight is 591 g/mol. The van der Waals surface area contributed by atoms with Gasteiger partial charge in [-0.05, 0) is 75.9 Å². The topological polar surface area (TPSA) is 151 Å². The number of alkyl carbamates (subject to hydrolysis) is 1. The van der Waals surface area contributed by atoms with Gasteiger partial charge in [-0.25, -0.2) is 4.79 Å². The molecule has 4 amide bonds. The molecule has 43 heavy (non-hydrogen) atoms. The van der Waals surface area contributed by atoms with Gasteiger partial charge < -0.3 is 31.1 Å². The molecule has 5 N–H and O–H groups in total. The number of nitrogens with zero attached hydrogens (tertiary/aromatic N) is 1. The van der Waals surface area contributed by atoms with E-state index in [9.17, 15) is 24.3 Å². The Bertz CT molecular complexity index is 1480. The normalized spacial score (nSPS) is 13.4. The van der Waals surface area contributed by atoms with Crippen LogP contribution < -0.4 is 16.4 Å². The molecule has 0 saturated carbocycles. The fourth-order valence-electron chi connectivity index (χ4n) is 4.77. The number of amides is 4. The smallest absolute Gasteiger partial charge is 0.408 e. The van der Waals surface area contributed by atoms with Crippen LogP contribution in [0.1, 0.15) is 71.0 Å². The molecule has 230 valence electrons. The van der Waals surface area contributed by atoms with Gasteiger partial charge >= 0.3 is 6.09 Å². The first-order valence-electron chi connectivity index (χ1n) is 14.4. The van der Waals surface area contributed by atoms with Gasteiger partial charge in [0.1, 0.15) is 23.4 Å². The van der Waals surface area contributed by atoms with Crippen LogP contribution in [0.4, 0.5) is 10.5 Å². The Morgan fingerprint density at radius 2 is 1.67 bits per heavy atom. The molecule has 0 radical (unpaired) electrons. The van der Waals surface area contributed by atoms with Crippen LogP contribution in [0.15, 0.2) is 60.7 Å². The molecular weight excluding hydrogens is 548 g/mol. The maximum Gasteiger partial charge on any atom is 0.408 e. The van der Waals surface area contributed by atoms with E-state index in [0.717, 1.165) is 10.8 Å². The van der Waals surface area contributed by atoms with Crippen molar-refractivity contribution in [3.8, 4) is 5.75 Å². The number of ether oxygens (including phenoxy) is 1. The Balaban J connectivity index is 2.10. The molecule has 3 aromatic rings. The van der Waals surface area contributed by atoms with E-state index in [1.807, 2.05) is 43.3 Å². The van der Waals surface area contributed by atoms with Crippen molar-refractivity contribution in [3.05, 3.63) is 71.8 Å². The van der Waals surface area contributed by atoms with E-state index in [2.05, 4.69) is 10.6 Å². The molecule has 0 aromatic heterocycles. The number of rotatable bonds is 11. The predicted octanol–water partition coefficient (Wildman–Crippen LogP) is 5.32. The number of primary amides is 1. The maximum absolute atomic E-state index is 14.3. The van der Waals surface area contributed by atoms with Gasteiger partial charge in [0, 0.05) is 23.7 Å². The van der Waals surface area contributed by atoms with Crippen LogP contribution >= 0.6 is 0 Å². The first-order valence-corrected chi connectivity index (χ1v) is 14.4. The van der Waals surface area contributed by atoms with Crippen LogP contribution in [0.25, 0.3) is 10.8 Å². The van der Waals surface area contributed by atoms with Crippen molar-refractivity contribution in [2.75, 3.05) is 5.32 Å². The summed E-state index contributed by atoms with van der Waals surface area (Å²) in [6.07, 6.45) is -0.703. The summed E-state index contributed by atoms with van der Waals surface area (Å²) in [5, 5.41) is 18.5. The summed E-state index contributed by atoms with van der Waals surface area (Å²) < 4.78 is 5.38. The molecule has 3 aromatic carbocycles. The predicted molar refractivity (Wildman–Crippen MR) is 166 cm³/mol. The van der Waals surface area contributed by atoms with Crippen LogP contribution in [-0.2, 0) is 19.1 Å². The van der Waals surface area contributed by atoms with E-state index in [4.69, 9.17) is 10.5 Å². The van der Waals surface area contributed by atoms with Crippen LogP contribution in [0.3, 0.4) is 0 Å². The highest BCUT2D eigenvalue weighted by molar-refractivity contribution is 6.01. The van der Waals surface area contributed by atoms with Gasteiger partial charge in [0.2, 0.25) is 11.8 Å². The minimum absolute atomic E-state index is 0.112. The van der Waals surface area contributed by atoms with E-state index >= 15 is 0 Å². The van der Waals surface area contributed by atoms with E-state index in [0.29, 0.717) is 17.7 Å². The Kier molecular flexibility index (Phi) is 10.7. The number of para-hydroxylation sites is 1. The lowest BCUT2D eigenvalue weighted by atomic mass is 9.96.